The predicted molar refractivity (Wildman–Crippen MR) is 54.7 cm³/mol. The summed E-state index contributed by atoms with van der Waals surface area (Å²) in [5.74, 6) is 0. The first-order chi connectivity index (χ1) is 5.79. The van der Waals surface area contributed by atoms with Crippen molar-refractivity contribution in [3.8, 4) is 0 Å². The Morgan fingerprint density at radius 1 is 0.769 bits per heavy atom. The molecule has 72 valence electrons. The van der Waals surface area contributed by atoms with Gasteiger partial charge in [-0.3, -0.25) is 0 Å². The first-order valence-corrected chi connectivity index (χ1v) is 4.99. The molecule has 0 aromatic heterocycles. The molecule has 0 aromatic carbocycles. The zero-order chi connectivity index (χ0) is 9.40. The minimum absolute atomic E-state index is 0. The van der Waals surface area contributed by atoms with E-state index in [-0.39, 0.29) is 26.2 Å². The molecule has 0 aliphatic heterocycles. The van der Waals surface area contributed by atoms with Crippen molar-refractivity contribution in [3.63, 3.8) is 0 Å². The Bertz CT molecular complexity index is 146. The molecule has 1 heteroatoms. The molecule has 0 bridgehead atoms. The first kappa shape index (κ1) is 15.8. The van der Waals surface area contributed by atoms with E-state index in [1.165, 1.54) is 11.1 Å². The fraction of sp³-hybridized carbons (Fsp3) is 0.667. The molecular weight excluding hydrogens is 235 g/mol. The maximum Gasteiger partial charge on any atom is 2.00 e. The summed E-state index contributed by atoms with van der Waals surface area (Å²) in [5.41, 5.74) is 2.73. The minimum Gasteiger partial charge on any atom is -0.373 e. The molecule has 0 atom stereocenters. The average molecular weight is 256 g/mol. The monoisotopic (exact) mass is 254 g/mol. The molecular formula is C12H20Zr. The van der Waals surface area contributed by atoms with Crippen LogP contribution in [0.4, 0.5) is 0 Å². The summed E-state index contributed by atoms with van der Waals surface area (Å²) < 4.78 is 0. The van der Waals surface area contributed by atoms with Gasteiger partial charge in [0.05, 0.1) is 0 Å². The average Bonchev–Trinajstić information content (AvgIpc) is 2.11. The summed E-state index contributed by atoms with van der Waals surface area (Å²) in [6.07, 6.45) is 11.0. The van der Waals surface area contributed by atoms with E-state index in [0.29, 0.717) is 0 Å². The van der Waals surface area contributed by atoms with Crippen LogP contribution in [0.1, 0.15) is 53.4 Å². The Hall–Kier alpha value is 0.363. The van der Waals surface area contributed by atoms with Gasteiger partial charge in [0.2, 0.25) is 0 Å². The molecule has 0 nitrogen and oxygen atoms in total. The topological polar surface area (TPSA) is 0 Å². The quantitative estimate of drug-likeness (QED) is 0.513. The molecule has 0 heterocycles. The fourth-order valence-electron chi connectivity index (χ4n) is 1.32. The van der Waals surface area contributed by atoms with E-state index in [2.05, 4.69) is 39.8 Å². The molecule has 0 amide bonds. The van der Waals surface area contributed by atoms with Gasteiger partial charge in [0, 0.05) is 0 Å². The van der Waals surface area contributed by atoms with Crippen molar-refractivity contribution >= 4 is 0 Å². The smallest absolute Gasteiger partial charge is 0.373 e. The molecule has 0 N–H and O–H groups in total. The van der Waals surface area contributed by atoms with Gasteiger partial charge in [-0.15, -0.1) is 25.7 Å². The standard InChI is InChI=1S/C12H20.Zr/c1-5-9-11(7-3)12(8-4)10-6-2;/h5-8H2,1-4H3;/q-2;+2. The van der Waals surface area contributed by atoms with E-state index in [1.54, 1.807) is 0 Å². The second kappa shape index (κ2) is 10.4. The summed E-state index contributed by atoms with van der Waals surface area (Å²) in [5, 5.41) is 0. The Balaban J connectivity index is 0. The van der Waals surface area contributed by atoms with Crippen LogP contribution in [-0.2, 0) is 26.2 Å². The van der Waals surface area contributed by atoms with E-state index in [4.69, 9.17) is 0 Å². The maximum atomic E-state index is 3.39. The van der Waals surface area contributed by atoms with Crippen LogP contribution in [-0.4, -0.2) is 0 Å². The maximum absolute atomic E-state index is 3.39. The second-order valence-electron chi connectivity index (χ2n) is 2.72. The van der Waals surface area contributed by atoms with Gasteiger partial charge >= 0.3 is 26.2 Å². The van der Waals surface area contributed by atoms with Crippen LogP contribution in [0.15, 0.2) is 11.1 Å². The van der Waals surface area contributed by atoms with Crippen LogP contribution in [0.3, 0.4) is 0 Å². The number of rotatable bonds is 5. The van der Waals surface area contributed by atoms with Crippen molar-refractivity contribution in [3.05, 3.63) is 23.3 Å². The molecule has 0 saturated carbocycles. The summed E-state index contributed by atoms with van der Waals surface area (Å²) in [7, 11) is 0. The molecule has 13 heavy (non-hydrogen) atoms. The molecule has 0 rings (SSSR count). The van der Waals surface area contributed by atoms with Crippen molar-refractivity contribution in [1.29, 1.82) is 0 Å². The normalized spacial score (nSPS) is 12.6. The molecule has 0 unspecified atom stereocenters. The summed E-state index contributed by atoms with van der Waals surface area (Å²) in [6, 6.07) is 0. The molecule has 0 aliphatic carbocycles. The first-order valence-electron chi connectivity index (χ1n) is 4.99. The summed E-state index contributed by atoms with van der Waals surface area (Å²) in [6.45, 7) is 8.64. The summed E-state index contributed by atoms with van der Waals surface area (Å²) in [4.78, 5) is 0. The zero-order valence-electron chi connectivity index (χ0n) is 9.33. The number of hydrogen-bond donors (Lipinski definition) is 0. The third-order valence-corrected chi connectivity index (χ3v) is 1.85. The molecule has 0 aliphatic rings. The minimum atomic E-state index is 0. The van der Waals surface area contributed by atoms with Crippen molar-refractivity contribution in [1.82, 2.24) is 0 Å². The van der Waals surface area contributed by atoms with Crippen LogP contribution < -0.4 is 0 Å². The van der Waals surface area contributed by atoms with Gasteiger partial charge in [-0.2, -0.15) is 0 Å². The third kappa shape index (κ3) is 6.44. The Morgan fingerprint density at radius 3 is 1.23 bits per heavy atom. The molecule has 0 aromatic rings. The van der Waals surface area contributed by atoms with E-state index in [0.717, 1.165) is 25.7 Å². The largest absolute Gasteiger partial charge is 2.00 e. The molecule has 0 saturated heterocycles. The van der Waals surface area contributed by atoms with E-state index >= 15 is 0 Å². The van der Waals surface area contributed by atoms with Gasteiger partial charge in [-0.05, 0) is 0 Å². The van der Waals surface area contributed by atoms with Gasteiger partial charge in [-0.25, -0.2) is 0 Å². The van der Waals surface area contributed by atoms with Crippen molar-refractivity contribution in [2.24, 2.45) is 0 Å². The van der Waals surface area contributed by atoms with Crippen LogP contribution >= 0.6 is 0 Å². The van der Waals surface area contributed by atoms with Gasteiger partial charge in [0.15, 0.2) is 0 Å². The van der Waals surface area contributed by atoms with Crippen LogP contribution in [0.5, 0.6) is 0 Å². The van der Waals surface area contributed by atoms with Crippen LogP contribution in [0, 0.1) is 12.2 Å². The van der Waals surface area contributed by atoms with E-state index in [1.807, 2.05) is 0 Å². The number of allylic oxidation sites excluding steroid dienone is 4. The second-order valence-corrected chi connectivity index (χ2v) is 2.72. The van der Waals surface area contributed by atoms with Crippen molar-refractivity contribution < 1.29 is 26.2 Å². The SMILES string of the molecule is CC[C-]=C(CC)C(=[C-]CC)CC.[Zr+2]. The zero-order valence-corrected chi connectivity index (χ0v) is 11.8. The van der Waals surface area contributed by atoms with E-state index < -0.39 is 0 Å². The Labute approximate surface area is 103 Å². The third-order valence-electron chi connectivity index (χ3n) is 1.85. The fourth-order valence-corrected chi connectivity index (χ4v) is 1.32. The molecule has 0 radical (unpaired) electrons. The number of hydrogen-bond acceptors (Lipinski definition) is 0. The van der Waals surface area contributed by atoms with Crippen molar-refractivity contribution in [2.45, 2.75) is 53.4 Å². The van der Waals surface area contributed by atoms with Gasteiger partial charge in [0.25, 0.3) is 0 Å². The summed E-state index contributed by atoms with van der Waals surface area (Å²) >= 11 is 0. The van der Waals surface area contributed by atoms with Gasteiger partial charge in [-0.1, -0.05) is 27.7 Å². The van der Waals surface area contributed by atoms with Crippen LogP contribution in [0.2, 0.25) is 0 Å². The van der Waals surface area contributed by atoms with Gasteiger partial charge < -0.3 is 23.3 Å². The molecule has 0 spiro atoms. The Morgan fingerprint density at radius 2 is 1.08 bits per heavy atom. The predicted octanol–water partition coefficient (Wildman–Crippen LogP) is 4.08. The van der Waals surface area contributed by atoms with E-state index in [9.17, 15) is 0 Å². The van der Waals surface area contributed by atoms with Crippen molar-refractivity contribution in [2.75, 3.05) is 0 Å². The van der Waals surface area contributed by atoms with Crippen LogP contribution in [0.25, 0.3) is 0 Å². The molecule has 0 fully saturated rings. The Kier molecular flexibility index (Phi) is 12.7. The van der Waals surface area contributed by atoms with Gasteiger partial charge in [0.1, 0.15) is 0 Å².